The monoisotopic (exact) mass is 409 g/mol. The smallest absolute Gasteiger partial charge is 0.166 e. The van der Waals surface area contributed by atoms with Gasteiger partial charge in [0.25, 0.3) is 0 Å². The first kappa shape index (κ1) is 19.1. The van der Waals surface area contributed by atoms with Gasteiger partial charge in [0, 0.05) is 35.8 Å². The maximum Gasteiger partial charge on any atom is 0.166 e. The van der Waals surface area contributed by atoms with E-state index in [1.54, 1.807) is 11.8 Å². The second-order valence-electron chi connectivity index (χ2n) is 6.60. The van der Waals surface area contributed by atoms with Crippen molar-refractivity contribution in [2.24, 2.45) is 0 Å². The Kier molecular flexibility index (Phi) is 6.02. The Morgan fingerprint density at radius 2 is 1.93 bits per heavy atom. The number of benzene rings is 1. The largest absolute Gasteiger partial charge is 0.335 e. The van der Waals surface area contributed by atoms with Crippen molar-refractivity contribution in [3.8, 4) is 0 Å². The van der Waals surface area contributed by atoms with Crippen LogP contribution in [0.4, 0.5) is 0 Å². The molecule has 0 unspecified atom stereocenters. The van der Waals surface area contributed by atoms with Gasteiger partial charge in [0.15, 0.2) is 5.16 Å². The third-order valence-electron chi connectivity index (χ3n) is 4.70. The van der Waals surface area contributed by atoms with Crippen LogP contribution in [0, 0.1) is 13.8 Å². The molecule has 144 valence electrons. The highest BCUT2D eigenvalue weighted by Gasteiger charge is 2.09. The van der Waals surface area contributed by atoms with Gasteiger partial charge in [0.2, 0.25) is 0 Å². The number of aromatic nitrogens is 5. The van der Waals surface area contributed by atoms with Gasteiger partial charge >= 0.3 is 0 Å². The van der Waals surface area contributed by atoms with E-state index in [1.165, 1.54) is 10.5 Å². The number of hydrogen-bond donors (Lipinski definition) is 1. The quantitative estimate of drug-likeness (QED) is 0.318. The van der Waals surface area contributed by atoms with Gasteiger partial charge in [-0.3, -0.25) is 4.98 Å². The van der Waals surface area contributed by atoms with Crippen LogP contribution in [0.2, 0.25) is 0 Å². The Balaban J connectivity index is 1.34. The molecule has 1 aromatic carbocycles. The molecule has 0 spiro atoms. The van der Waals surface area contributed by atoms with Crippen LogP contribution in [0.15, 0.2) is 59.0 Å². The van der Waals surface area contributed by atoms with E-state index in [0.717, 1.165) is 52.2 Å². The molecule has 0 aliphatic rings. The number of rotatable bonds is 8. The molecule has 0 aliphatic carbocycles. The number of pyridine rings is 1. The first-order valence-corrected chi connectivity index (χ1v) is 11.3. The molecule has 7 heteroatoms. The summed E-state index contributed by atoms with van der Waals surface area (Å²) >= 11 is 3.61. The van der Waals surface area contributed by atoms with Gasteiger partial charge < -0.3 is 9.55 Å². The summed E-state index contributed by atoms with van der Waals surface area (Å²) in [5.41, 5.74) is 4.48. The average Bonchev–Trinajstić information content (AvgIpc) is 3.31. The molecule has 4 aromatic rings. The highest BCUT2D eigenvalue weighted by atomic mass is 32.2. The van der Waals surface area contributed by atoms with Crippen LogP contribution >= 0.6 is 23.5 Å². The lowest BCUT2D eigenvalue weighted by atomic mass is 10.2. The van der Waals surface area contributed by atoms with E-state index < -0.39 is 0 Å². The van der Waals surface area contributed by atoms with Crippen molar-refractivity contribution in [1.82, 2.24) is 24.5 Å². The zero-order chi connectivity index (χ0) is 19.3. The van der Waals surface area contributed by atoms with Crippen LogP contribution in [0.5, 0.6) is 0 Å². The van der Waals surface area contributed by atoms with Crippen LogP contribution in [-0.4, -0.2) is 30.3 Å². The Labute approximate surface area is 173 Å². The van der Waals surface area contributed by atoms with Crippen molar-refractivity contribution in [1.29, 1.82) is 0 Å². The normalized spacial score (nSPS) is 11.4. The molecule has 3 aromatic heterocycles. The second kappa shape index (κ2) is 8.84. The number of imidazole rings is 2. The number of para-hydroxylation sites is 2. The lowest BCUT2D eigenvalue weighted by Crippen LogP contribution is -2.00. The van der Waals surface area contributed by atoms with Crippen LogP contribution in [0.25, 0.3) is 11.0 Å². The maximum atomic E-state index is 4.64. The van der Waals surface area contributed by atoms with Gasteiger partial charge in [-0.25, -0.2) is 9.97 Å². The maximum absolute atomic E-state index is 4.64. The summed E-state index contributed by atoms with van der Waals surface area (Å²) in [4.78, 5) is 18.2. The molecule has 0 bridgehead atoms. The average molecular weight is 410 g/mol. The van der Waals surface area contributed by atoms with Crippen molar-refractivity contribution in [3.63, 3.8) is 0 Å². The number of hydrogen-bond acceptors (Lipinski definition) is 5. The Morgan fingerprint density at radius 3 is 2.75 bits per heavy atom. The van der Waals surface area contributed by atoms with E-state index in [-0.39, 0.29) is 0 Å². The number of fused-ring (bicyclic) bond motifs is 1. The van der Waals surface area contributed by atoms with E-state index in [2.05, 4.69) is 43.6 Å². The minimum atomic E-state index is 0.814. The first-order chi connectivity index (χ1) is 13.7. The van der Waals surface area contributed by atoms with E-state index in [0.29, 0.717) is 0 Å². The summed E-state index contributed by atoms with van der Waals surface area (Å²) in [7, 11) is 0. The molecule has 0 saturated carbocycles. The number of nitrogens with one attached hydrogen (secondary N) is 1. The van der Waals surface area contributed by atoms with Gasteiger partial charge in [0.1, 0.15) is 5.82 Å². The molecule has 0 aliphatic heterocycles. The van der Waals surface area contributed by atoms with Gasteiger partial charge in [-0.2, -0.15) is 0 Å². The van der Waals surface area contributed by atoms with Crippen LogP contribution in [-0.2, 0) is 12.3 Å². The lowest BCUT2D eigenvalue weighted by Gasteiger charge is -2.10. The predicted molar refractivity (Wildman–Crippen MR) is 117 cm³/mol. The second-order valence-corrected chi connectivity index (χ2v) is 8.70. The van der Waals surface area contributed by atoms with E-state index >= 15 is 0 Å². The summed E-state index contributed by atoms with van der Waals surface area (Å²) in [6.07, 6.45) is 6.95. The lowest BCUT2D eigenvalue weighted by molar-refractivity contribution is 0.662. The SMILES string of the molecule is Cc1c(SCCCn2ccnc2C)ccnc1CSc1nc2ccccc2[nH]1. The number of thioether (sulfide) groups is 2. The number of aromatic amines is 1. The number of nitrogens with zero attached hydrogens (tertiary/aromatic N) is 4. The number of H-pyrrole nitrogens is 1. The summed E-state index contributed by atoms with van der Waals surface area (Å²) in [6, 6.07) is 10.2. The van der Waals surface area contributed by atoms with Crippen molar-refractivity contribution >= 4 is 34.6 Å². The summed E-state index contributed by atoms with van der Waals surface area (Å²) in [5, 5.41) is 0.941. The van der Waals surface area contributed by atoms with Gasteiger partial charge in [-0.05, 0) is 49.8 Å². The topological polar surface area (TPSA) is 59.4 Å². The van der Waals surface area contributed by atoms with E-state index in [1.807, 2.05) is 55.5 Å². The predicted octanol–water partition coefficient (Wildman–Crippen LogP) is 5.25. The Hall–Kier alpha value is -2.25. The minimum Gasteiger partial charge on any atom is -0.335 e. The summed E-state index contributed by atoms with van der Waals surface area (Å²) < 4.78 is 2.20. The molecule has 4 rings (SSSR count). The molecule has 0 fully saturated rings. The molecule has 0 saturated heterocycles. The first-order valence-electron chi connectivity index (χ1n) is 9.33. The van der Waals surface area contributed by atoms with Crippen LogP contribution in [0.1, 0.15) is 23.5 Å². The van der Waals surface area contributed by atoms with Crippen molar-refractivity contribution in [3.05, 3.63) is 66.0 Å². The van der Waals surface area contributed by atoms with Crippen molar-refractivity contribution < 1.29 is 0 Å². The van der Waals surface area contributed by atoms with Crippen molar-refractivity contribution in [2.45, 2.75) is 42.6 Å². The molecule has 28 heavy (non-hydrogen) atoms. The van der Waals surface area contributed by atoms with E-state index in [4.69, 9.17) is 0 Å². The fourth-order valence-corrected chi connectivity index (χ4v) is 4.95. The highest BCUT2D eigenvalue weighted by molar-refractivity contribution is 7.99. The molecule has 5 nitrogen and oxygen atoms in total. The summed E-state index contributed by atoms with van der Waals surface area (Å²) in [6.45, 7) is 5.23. The highest BCUT2D eigenvalue weighted by Crippen LogP contribution is 2.28. The zero-order valence-corrected chi connectivity index (χ0v) is 17.7. The molecule has 0 radical (unpaired) electrons. The molecule has 0 atom stereocenters. The standard InChI is InChI=1S/C21H23N5S2/c1-15-19(14-28-21-24-17-6-3-4-7-18(17)25-21)23-9-8-20(15)27-13-5-11-26-12-10-22-16(26)2/h3-4,6-10,12H,5,11,13-14H2,1-2H3,(H,24,25). The molecule has 0 amide bonds. The van der Waals surface area contributed by atoms with Gasteiger partial charge in [0.05, 0.1) is 16.7 Å². The Bertz CT molecular complexity index is 1040. The molecule has 3 heterocycles. The fraction of sp³-hybridized carbons (Fsp3) is 0.286. The zero-order valence-electron chi connectivity index (χ0n) is 16.1. The van der Waals surface area contributed by atoms with Gasteiger partial charge in [-0.15, -0.1) is 11.8 Å². The number of aryl methyl sites for hydroxylation is 2. The van der Waals surface area contributed by atoms with Crippen molar-refractivity contribution in [2.75, 3.05) is 5.75 Å². The minimum absolute atomic E-state index is 0.814. The van der Waals surface area contributed by atoms with Crippen LogP contribution in [0.3, 0.4) is 0 Å². The van der Waals surface area contributed by atoms with Crippen LogP contribution < -0.4 is 0 Å². The Morgan fingerprint density at radius 1 is 1.04 bits per heavy atom. The molecule has 1 N–H and O–H groups in total. The molecular weight excluding hydrogens is 386 g/mol. The van der Waals surface area contributed by atoms with Gasteiger partial charge in [-0.1, -0.05) is 23.9 Å². The summed E-state index contributed by atoms with van der Waals surface area (Å²) in [5.74, 6) is 2.97. The molecular formula is C21H23N5S2. The third-order valence-corrected chi connectivity index (χ3v) is 6.83. The third kappa shape index (κ3) is 4.42. The van der Waals surface area contributed by atoms with E-state index in [9.17, 15) is 0 Å². The fourth-order valence-electron chi connectivity index (χ4n) is 3.05.